The van der Waals surface area contributed by atoms with E-state index in [9.17, 15) is 4.79 Å². The summed E-state index contributed by atoms with van der Waals surface area (Å²) in [6, 6.07) is 1.79. The van der Waals surface area contributed by atoms with Crippen molar-refractivity contribution in [3.8, 4) is 5.75 Å². The lowest BCUT2D eigenvalue weighted by Gasteiger charge is -2.13. The Morgan fingerprint density at radius 2 is 2.36 bits per heavy atom. The average molecular weight is 351 g/mol. The topological polar surface area (TPSA) is 57.0 Å². The highest BCUT2D eigenvalue weighted by atomic mass is 32.1. The standard InChI is InChI=1S/C19H17N3O2S/c1-3-10-24-14-8-9-20-18-15(14)16-17(25-18)19(23)22(11-21-16)13-6-4-12(2)5-7-13/h3-4,6-9,11-12H,1,5,10H2,2H3. The highest BCUT2D eigenvalue weighted by Crippen LogP contribution is 2.35. The zero-order valence-electron chi connectivity index (χ0n) is 13.8. The molecule has 0 saturated carbocycles. The third-order valence-electron chi connectivity index (χ3n) is 4.17. The molecule has 25 heavy (non-hydrogen) atoms. The molecule has 0 amide bonds. The summed E-state index contributed by atoms with van der Waals surface area (Å²) < 4.78 is 7.90. The van der Waals surface area contributed by atoms with Crippen LogP contribution in [0, 0.1) is 5.92 Å². The normalized spacial score (nSPS) is 17.0. The van der Waals surface area contributed by atoms with Crippen LogP contribution in [0.4, 0.5) is 0 Å². The molecule has 1 aliphatic rings. The largest absolute Gasteiger partial charge is 0.489 e. The molecule has 1 aliphatic carbocycles. The van der Waals surface area contributed by atoms with Crippen LogP contribution in [0.5, 0.6) is 5.75 Å². The van der Waals surface area contributed by atoms with Crippen LogP contribution in [0.15, 0.2) is 54.3 Å². The van der Waals surface area contributed by atoms with E-state index in [0.29, 0.717) is 28.5 Å². The van der Waals surface area contributed by atoms with Gasteiger partial charge in [0.15, 0.2) is 0 Å². The summed E-state index contributed by atoms with van der Waals surface area (Å²) in [6.07, 6.45) is 12.0. The number of hydrogen-bond donors (Lipinski definition) is 0. The van der Waals surface area contributed by atoms with E-state index < -0.39 is 0 Å². The summed E-state index contributed by atoms with van der Waals surface area (Å²) in [5, 5.41) is 0.787. The molecule has 5 nitrogen and oxygen atoms in total. The van der Waals surface area contributed by atoms with Crippen molar-refractivity contribution in [2.45, 2.75) is 13.3 Å². The fourth-order valence-electron chi connectivity index (χ4n) is 2.87. The van der Waals surface area contributed by atoms with Crippen molar-refractivity contribution >= 4 is 37.5 Å². The Balaban J connectivity index is 1.91. The molecular formula is C19H17N3O2S. The Kier molecular flexibility index (Phi) is 3.97. The van der Waals surface area contributed by atoms with E-state index in [2.05, 4.69) is 35.6 Å². The lowest BCUT2D eigenvalue weighted by Crippen LogP contribution is -2.19. The second-order valence-corrected chi connectivity index (χ2v) is 6.99. The summed E-state index contributed by atoms with van der Waals surface area (Å²) in [7, 11) is 0. The molecule has 4 rings (SSSR count). The minimum absolute atomic E-state index is 0.0758. The second kappa shape index (κ2) is 6.29. The molecule has 0 saturated heterocycles. The lowest BCUT2D eigenvalue weighted by molar-refractivity contribution is 0.367. The fraction of sp³-hybridized carbons (Fsp3) is 0.211. The van der Waals surface area contributed by atoms with Crippen molar-refractivity contribution in [3.63, 3.8) is 0 Å². The molecule has 0 radical (unpaired) electrons. The van der Waals surface area contributed by atoms with Crippen molar-refractivity contribution in [2.24, 2.45) is 5.92 Å². The molecular weight excluding hydrogens is 334 g/mol. The van der Waals surface area contributed by atoms with Gasteiger partial charge in [-0.1, -0.05) is 31.7 Å². The number of hydrogen-bond acceptors (Lipinski definition) is 5. The van der Waals surface area contributed by atoms with Gasteiger partial charge in [0.05, 0.1) is 5.39 Å². The molecule has 126 valence electrons. The lowest BCUT2D eigenvalue weighted by atomic mass is 10.0. The van der Waals surface area contributed by atoms with E-state index in [-0.39, 0.29) is 5.56 Å². The fourth-order valence-corrected chi connectivity index (χ4v) is 3.92. The van der Waals surface area contributed by atoms with Crippen molar-refractivity contribution < 1.29 is 4.74 Å². The van der Waals surface area contributed by atoms with Crippen LogP contribution < -0.4 is 10.3 Å². The molecule has 1 unspecified atom stereocenters. The van der Waals surface area contributed by atoms with Crippen molar-refractivity contribution in [1.29, 1.82) is 0 Å². The quantitative estimate of drug-likeness (QED) is 0.667. The first-order valence-electron chi connectivity index (χ1n) is 8.10. The first-order valence-corrected chi connectivity index (χ1v) is 8.92. The number of pyridine rings is 1. The molecule has 0 fully saturated rings. The van der Waals surface area contributed by atoms with Gasteiger partial charge in [-0.25, -0.2) is 9.97 Å². The number of nitrogens with zero attached hydrogens (tertiary/aromatic N) is 3. The van der Waals surface area contributed by atoms with E-state index in [4.69, 9.17) is 4.74 Å². The Hall–Kier alpha value is -2.73. The summed E-state index contributed by atoms with van der Waals surface area (Å²) in [4.78, 5) is 22.7. The van der Waals surface area contributed by atoms with Gasteiger partial charge in [-0.05, 0) is 24.5 Å². The molecule has 0 spiro atoms. The van der Waals surface area contributed by atoms with Crippen LogP contribution in [0.2, 0.25) is 0 Å². The smallest absolute Gasteiger partial charge is 0.275 e. The predicted octanol–water partition coefficient (Wildman–Crippen LogP) is 4.01. The summed E-state index contributed by atoms with van der Waals surface area (Å²) in [5.74, 6) is 1.17. The van der Waals surface area contributed by atoms with Gasteiger partial charge in [-0.15, -0.1) is 11.3 Å². The Morgan fingerprint density at radius 1 is 1.48 bits per heavy atom. The minimum atomic E-state index is -0.0758. The van der Waals surface area contributed by atoms with E-state index in [1.54, 1.807) is 29.2 Å². The molecule has 1 atom stereocenters. The number of ether oxygens (including phenoxy) is 1. The predicted molar refractivity (Wildman–Crippen MR) is 102 cm³/mol. The van der Waals surface area contributed by atoms with E-state index in [1.165, 1.54) is 11.3 Å². The van der Waals surface area contributed by atoms with Gasteiger partial charge < -0.3 is 4.74 Å². The van der Waals surface area contributed by atoms with Crippen molar-refractivity contribution in [1.82, 2.24) is 14.5 Å². The SMILES string of the molecule is C=CCOc1ccnc2sc3c(=O)n(C4=CCC(C)C=C4)cnc3c12. The van der Waals surface area contributed by atoms with E-state index in [0.717, 1.165) is 22.3 Å². The Bertz CT molecular complexity index is 1090. The van der Waals surface area contributed by atoms with Crippen molar-refractivity contribution in [3.05, 3.63) is 59.8 Å². The van der Waals surface area contributed by atoms with Gasteiger partial charge in [0, 0.05) is 11.9 Å². The highest BCUT2D eigenvalue weighted by molar-refractivity contribution is 7.25. The van der Waals surface area contributed by atoms with E-state index >= 15 is 0 Å². The number of aromatic nitrogens is 3. The van der Waals surface area contributed by atoms with Crippen LogP contribution in [0.25, 0.3) is 26.1 Å². The highest BCUT2D eigenvalue weighted by Gasteiger charge is 2.17. The van der Waals surface area contributed by atoms with Gasteiger partial charge in [0.2, 0.25) is 0 Å². The van der Waals surface area contributed by atoms with E-state index in [1.807, 2.05) is 6.08 Å². The summed E-state index contributed by atoms with van der Waals surface area (Å²) in [6.45, 7) is 6.21. The van der Waals surface area contributed by atoms with Gasteiger partial charge in [0.1, 0.15) is 33.7 Å². The maximum Gasteiger partial charge on any atom is 0.275 e. The molecule has 0 aliphatic heterocycles. The third-order valence-corrected chi connectivity index (χ3v) is 5.25. The first kappa shape index (κ1) is 15.8. The van der Waals surface area contributed by atoms with Crippen LogP contribution >= 0.6 is 11.3 Å². The molecule has 3 heterocycles. The molecule has 0 aromatic carbocycles. The summed E-state index contributed by atoms with van der Waals surface area (Å²) in [5.41, 5.74) is 1.43. The van der Waals surface area contributed by atoms with Crippen molar-refractivity contribution in [2.75, 3.05) is 6.61 Å². The average Bonchev–Trinajstić information content (AvgIpc) is 3.01. The van der Waals surface area contributed by atoms with Gasteiger partial charge in [-0.2, -0.15) is 0 Å². The Morgan fingerprint density at radius 3 is 3.12 bits per heavy atom. The molecule has 3 aromatic heterocycles. The van der Waals surface area contributed by atoms with Gasteiger partial charge in [-0.3, -0.25) is 9.36 Å². The van der Waals surface area contributed by atoms with Crippen LogP contribution in [-0.2, 0) is 0 Å². The zero-order valence-corrected chi connectivity index (χ0v) is 14.6. The third kappa shape index (κ3) is 2.68. The summed E-state index contributed by atoms with van der Waals surface area (Å²) >= 11 is 1.35. The number of fused-ring (bicyclic) bond motifs is 3. The maximum atomic E-state index is 13.0. The minimum Gasteiger partial charge on any atom is -0.489 e. The Labute approximate surface area is 148 Å². The maximum absolute atomic E-state index is 13.0. The monoisotopic (exact) mass is 351 g/mol. The van der Waals surface area contributed by atoms with Gasteiger partial charge >= 0.3 is 0 Å². The van der Waals surface area contributed by atoms with Crippen LogP contribution in [-0.4, -0.2) is 21.1 Å². The zero-order chi connectivity index (χ0) is 17.4. The number of thiophene rings is 1. The molecule has 6 heteroatoms. The van der Waals surface area contributed by atoms with Crippen LogP contribution in [0.3, 0.4) is 0 Å². The second-order valence-electron chi connectivity index (χ2n) is 5.99. The number of allylic oxidation sites excluding steroid dienone is 4. The van der Waals surface area contributed by atoms with Crippen LogP contribution in [0.1, 0.15) is 13.3 Å². The van der Waals surface area contributed by atoms with Gasteiger partial charge in [0.25, 0.3) is 5.56 Å². The molecule has 0 bridgehead atoms. The first-order chi connectivity index (χ1) is 12.2. The molecule has 0 N–H and O–H groups in total. The molecule has 3 aromatic rings. The number of rotatable bonds is 4.